The van der Waals surface area contributed by atoms with Crippen molar-refractivity contribution in [2.45, 2.75) is 25.5 Å². The standard InChI is InChI=1S/C36H53N9O8/c1-41-14-15-44(24-29(41)46)33-31-30(32(42-12-10-26(51-5)11-13-42)39-35(37-31)43(16-19-48-2)17-20-49-3)38-36(40-33)45(18-21-50-4)23-25-8-9-27(34(47)53-7)28(22-25)52-6/h8-9,22,26H,10-21,23-24H2,1-7H3. The van der Waals surface area contributed by atoms with Crippen molar-refractivity contribution < 1.29 is 38.0 Å². The minimum atomic E-state index is -0.488. The van der Waals surface area contributed by atoms with Crippen molar-refractivity contribution in [1.29, 1.82) is 0 Å². The molecule has 0 radical (unpaired) electrons. The van der Waals surface area contributed by atoms with Gasteiger partial charge in [0.25, 0.3) is 0 Å². The van der Waals surface area contributed by atoms with Gasteiger partial charge in [-0.2, -0.15) is 9.97 Å². The lowest BCUT2D eigenvalue weighted by Crippen LogP contribution is -2.49. The van der Waals surface area contributed by atoms with Gasteiger partial charge in [0.15, 0.2) is 11.6 Å². The summed E-state index contributed by atoms with van der Waals surface area (Å²) in [5, 5.41) is 0. The van der Waals surface area contributed by atoms with Gasteiger partial charge in [-0.3, -0.25) is 4.79 Å². The van der Waals surface area contributed by atoms with Crippen LogP contribution < -0.4 is 24.3 Å². The fraction of sp³-hybridized carbons (Fsp3) is 0.611. The van der Waals surface area contributed by atoms with Gasteiger partial charge in [-0.25, -0.2) is 14.8 Å². The van der Waals surface area contributed by atoms with Gasteiger partial charge in [0, 0.05) is 87.8 Å². The Morgan fingerprint density at radius 1 is 0.774 bits per heavy atom. The molecular formula is C36H53N9O8. The number of hydrogen-bond acceptors (Lipinski definition) is 16. The molecule has 2 aromatic heterocycles. The minimum Gasteiger partial charge on any atom is -0.496 e. The Kier molecular flexibility index (Phi) is 14.2. The van der Waals surface area contributed by atoms with E-state index in [-0.39, 0.29) is 18.6 Å². The molecule has 0 unspecified atom stereocenters. The van der Waals surface area contributed by atoms with E-state index in [1.807, 2.05) is 26.8 Å². The molecule has 2 saturated heterocycles. The summed E-state index contributed by atoms with van der Waals surface area (Å²) < 4.78 is 32.6. The normalized spacial score (nSPS) is 15.3. The predicted molar refractivity (Wildman–Crippen MR) is 200 cm³/mol. The molecule has 2 aliphatic heterocycles. The highest BCUT2D eigenvalue weighted by Gasteiger charge is 2.31. The summed E-state index contributed by atoms with van der Waals surface area (Å²) in [6.45, 7) is 5.86. The number of hydrogen-bond donors (Lipinski definition) is 0. The Hall–Kier alpha value is -4.58. The number of piperazine rings is 1. The van der Waals surface area contributed by atoms with E-state index in [0.717, 1.165) is 18.4 Å². The highest BCUT2D eigenvalue weighted by molar-refractivity contribution is 5.97. The Bertz CT molecular complexity index is 1680. The maximum Gasteiger partial charge on any atom is 0.341 e. The number of anilines is 4. The van der Waals surface area contributed by atoms with Gasteiger partial charge in [-0.15, -0.1) is 0 Å². The van der Waals surface area contributed by atoms with Crippen molar-refractivity contribution in [2.24, 2.45) is 0 Å². The van der Waals surface area contributed by atoms with Crippen molar-refractivity contribution in [1.82, 2.24) is 24.8 Å². The monoisotopic (exact) mass is 739 g/mol. The van der Waals surface area contributed by atoms with Gasteiger partial charge in [0.05, 0.1) is 46.7 Å². The number of carbonyl (C=O) groups is 2. The molecule has 1 amide bonds. The number of rotatable bonds is 18. The zero-order valence-corrected chi connectivity index (χ0v) is 32.0. The fourth-order valence-corrected chi connectivity index (χ4v) is 6.43. The molecule has 17 nitrogen and oxygen atoms in total. The minimum absolute atomic E-state index is 0.0171. The molecule has 17 heteroatoms. The van der Waals surface area contributed by atoms with Crippen LogP contribution in [0.2, 0.25) is 0 Å². The summed E-state index contributed by atoms with van der Waals surface area (Å²) in [5.74, 6) is 2.04. The summed E-state index contributed by atoms with van der Waals surface area (Å²) in [4.78, 5) is 56.3. The molecule has 2 aliphatic rings. The second-order valence-electron chi connectivity index (χ2n) is 13.0. The second kappa shape index (κ2) is 19.0. The van der Waals surface area contributed by atoms with Crippen LogP contribution >= 0.6 is 0 Å². The lowest BCUT2D eigenvalue weighted by Gasteiger charge is -2.35. The first-order valence-electron chi connectivity index (χ1n) is 17.8. The van der Waals surface area contributed by atoms with Crippen molar-refractivity contribution in [3.05, 3.63) is 29.3 Å². The molecule has 0 N–H and O–H groups in total. The molecule has 290 valence electrons. The number of carbonyl (C=O) groups excluding carboxylic acids is 2. The topological polar surface area (TPSA) is 157 Å². The zero-order chi connectivity index (χ0) is 37.9. The first-order chi connectivity index (χ1) is 25.7. The number of piperidine rings is 1. The lowest BCUT2D eigenvalue weighted by atomic mass is 10.1. The number of amides is 1. The highest BCUT2D eigenvalue weighted by atomic mass is 16.5. The van der Waals surface area contributed by atoms with E-state index in [4.69, 9.17) is 48.4 Å². The average Bonchev–Trinajstić information content (AvgIpc) is 3.19. The van der Waals surface area contributed by atoms with Crippen molar-refractivity contribution in [3.8, 4) is 5.75 Å². The number of ether oxygens (including phenoxy) is 6. The Morgan fingerprint density at radius 2 is 1.36 bits per heavy atom. The van der Waals surface area contributed by atoms with Crippen LogP contribution in [0, 0.1) is 0 Å². The maximum atomic E-state index is 13.1. The second-order valence-corrected chi connectivity index (χ2v) is 13.0. The van der Waals surface area contributed by atoms with E-state index < -0.39 is 5.97 Å². The predicted octanol–water partition coefficient (Wildman–Crippen LogP) is 1.86. The third kappa shape index (κ3) is 9.51. The van der Waals surface area contributed by atoms with Gasteiger partial charge < -0.3 is 52.9 Å². The number of benzene rings is 1. The lowest BCUT2D eigenvalue weighted by molar-refractivity contribution is -0.129. The Labute approximate surface area is 311 Å². The van der Waals surface area contributed by atoms with Crippen LogP contribution in [-0.4, -0.2) is 165 Å². The van der Waals surface area contributed by atoms with E-state index in [1.165, 1.54) is 14.2 Å². The first-order valence-corrected chi connectivity index (χ1v) is 17.8. The number of nitrogens with zero attached hydrogens (tertiary/aromatic N) is 9. The van der Waals surface area contributed by atoms with E-state index in [1.54, 1.807) is 46.5 Å². The smallest absolute Gasteiger partial charge is 0.341 e. The van der Waals surface area contributed by atoms with Crippen LogP contribution in [0.1, 0.15) is 28.8 Å². The zero-order valence-electron chi connectivity index (χ0n) is 32.0. The molecular weight excluding hydrogens is 686 g/mol. The molecule has 1 aromatic carbocycles. The Balaban J connectivity index is 1.70. The molecule has 0 saturated carbocycles. The first kappa shape index (κ1) is 39.6. The highest BCUT2D eigenvalue weighted by Crippen LogP contribution is 2.35. The molecule has 5 rings (SSSR count). The maximum absolute atomic E-state index is 13.1. The molecule has 0 bridgehead atoms. The summed E-state index contributed by atoms with van der Waals surface area (Å²) in [5.41, 5.74) is 2.31. The Morgan fingerprint density at radius 3 is 1.91 bits per heavy atom. The molecule has 0 aliphatic carbocycles. The molecule has 0 spiro atoms. The molecule has 53 heavy (non-hydrogen) atoms. The summed E-state index contributed by atoms with van der Waals surface area (Å²) in [7, 11) is 11.4. The SMILES string of the molecule is COCCN(Cc1ccc(C(=O)OC)c(OC)c1)c1nc(N2CCN(C)C(=O)C2)c2nc(N(CCOC)CCOC)nc(N3CCC(OC)CC3)c2n1. The molecule has 2 fully saturated rings. The number of aromatic nitrogens is 4. The van der Waals surface area contributed by atoms with Crippen LogP contribution in [0.25, 0.3) is 11.0 Å². The van der Waals surface area contributed by atoms with Crippen LogP contribution in [0.3, 0.4) is 0 Å². The molecule has 3 aromatic rings. The summed E-state index contributed by atoms with van der Waals surface area (Å²) in [6, 6.07) is 5.35. The largest absolute Gasteiger partial charge is 0.496 e. The number of fused-ring (bicyclic) bond motifs is 1. The van der Waals surface area contributed by atoms with Gasteiger partial charge in [-0.1, -0.05) is 6.07 Å². The number of esters is 1. The third-order valence-corrected chi connectivity index (χ3v) is 9.62. The van der Waals surface area contributed by atoms with E-state index in [2.05, 4.69) is 4.90 Å². The average molecular weight is 740 g/mol. The third-order valence-electron chi connectivity index (χ3n) is 9.62. The van der Waals surface area contributed by atoms with Crippen LogP contribution in [-0.2, 0) is 35.0 Å². The van der Waals surface area contributed by atoms with Crippen molar-refractivity contribution in [3.63, 3.8) is 0 Å². The van der Waals surface area contributed by atoms with Crippen molar-refractivity contribution >= 4 is 46.4 Å². The van der Waals surface area contributed by atoms with Crippen LogP contribution in [0.5, 0.6) is 5.75 Å². The van der Waals surface area contributed by atoms with Gasteiger partial charge in [-0.05, 0) is 30.5 Å². The van der Waals surface area contributed by atoms with Crippen LogP contribution in [0.4, 0.5) is 23.5 Å². The fourth-order valence-electron chi connectivity index (χ4n) is 6.43. The van der Waals surface area contributed by atoms with E-state index >= 15 is 0 Å². The number of methoxy groups -OCH3 is 6. The van der Waals surface area contributed by atoms with Gasteiger partial charge >= 0.3 is 5.97 Å². The van der Waals surface area contributed by atoms with Crippen LogP contribution in [0.15, 0.2) is 18.2 Å². The van der Waals surface area contributed by atoms with Crippen molar-refractivity contribution in [2.75, 3.05) is 141 Å². The van der Waals surface area contributed by atoms with E-state index in [9.17, 15) is 9.59 Å². The van der Waals surface area contributed by atoms with E-state index in [0.29, 0.717) is 118 Å². The summed E-state index contributed by atoms with van der Waals surface area (Å²) >= 11 is 0. The summed E-state index contributed by atoms with van der Waals surface area (Å²) in [6.07, 6.45) is 1.81. The molecule has 4 heterocycles. The van der Waals surface area contributed by atoms with Gasteiger partial charge in [0.1, 0.15) is 22.3 Å². The van der Waals surface area contributed by atoms with Gasteiger partial charge in [0.2, 0.25) is 17.8 Å². The quantitative estimate of drug-likeness (QED) is 0.174. The number of likely N-dealkylation sites (N-methyl/N-ethyl adjacent to an activating group) is 1. The molecule has 0 atom stereocenters.